The highest BCUT2D eigenvalue weighted by atomic mass is 35.5. The predicted molar refractivity (Wildman–Crippen MR) is 79.4 cm³/mol. The summed E-state index contributed by atoms with van der Waals surface area (Å²) in [6.07, 6.45) is 4.98. The molecule has 2 fully saturated rings. The van der Waals surface area contributed by atoms with Crippen molar-refractivity contribution in [3.05, 3.63) is 17.4 Å². The minimum absolute atomic E-state index is 0.0448. The number of hydrogen-bond acceptors (Lipinski definition) is 5. The Labute approximate surface area is 129 Å². The van der Waals surface area contributed by atoms with Crippen LogP contribution in [0.15, 0.2) is 12.4 Å². The van der Waals surface area contributed by atoms with Crippen LogP contribution in [-0.4, -0.2) is 60.2 Å². The summed E-state index contributed by atoms with van der Waals surface area (Å²) in [5.41, 5.74) is 0. The van der Waals surface area contributed by atoms with E-state index < -0.39 is 0 Å². The lowest BCUT2D eigenvalue weighted by molar-refractivity contribution is -0.135. The maximum Gasteiger partial charge on any atom is 0.228 e. The highest BCUT2D eigenvalue weighted by Crippen LogP contribution is 2.18. The summed E-state index contributed by atoms with van der Waals surface area (Å²) in [4.78, 5) is 25.0. The smallest absolute Gasteiger partial charge is 0.228 e. The first kappa shape index (κ1) is 14.5. The number of anilines is 1. The number of halogens is 1. The van der Waals surface area contributed by atoms with Gasteiger partial charge in [-0.1, -0.05) is 11.6 Å². The van der Waals surface area contributed by atoms with Crippen molar-refractivity contribution >= 4 is 23.5 Å². The third-order valence-corrected chi connectivity index (χ3v) is 4.17. The number of carbonyl (C=O) groups is 1. The van der Waals surface area contributed by atoms with Crippen LogP contribution in [0.3, 0.4) is 0 Å². The van der Waals surface area contributed by atoms with Crippen molar-refractivity contribution in [3.63, 3.8) is 0 Å². The van der Waals surface area contributed by atoms with E-state index in [0.29, 0.717) is 30.7 Å². The molecule has 2 saturated heterocycles. The molecule has 0 spiro atoms. The Morgan fingerprint density at radius 2 is 2.05 bits per heavy atom. The second-order valence-corrected chi connectivity index (χ2v) is 5.86. The zero-order valence-corrected chi connectivity index (χ0v) is 12.6. The van der Waals surface area contributed by atoms with Crippen LogP contribution in [-0.2, 0) is 9.53 Å². The van der Waals surface area contributed by atoms with Gasteiger partial charge in [0.25, 0.3) is 0 Å². The topological polar surface area (TPSA) is 58.6 Å². The zero-order valence-electron chi connectivity index (χ0n) is 11.9. The van der Waals surface area contributed by atoms with Gasteiger partial charge in [0.2, 0.25) is 11.9 Å². The van der Waals surface area contributed by atoms with Gasteiger partial charge in [0.15, 0.2) is 0 Å². The molecule has 3 heterocycles. The van der Waals surface area contributed by atoms with Gasteiger partial charge in [0.1, 0.15) is 0 Å². The van der Waals surface area contributed by atoms with E-state index in [-0.39, 0.29) is 11.8 Å². The standard InChI is InChI=1S/C14H19ClN4O2/c15-12-8-16-14(17-9-12)19-4-1-3-18(5-6-19)13(20)11-2-7-21-10-11/h8-9,11H,1-7,10H2. The second-order valence-electron chi connectivity index (χ2n) is 5.43. The Morgan fingerprint density at radius 1 is 1.24 bits per heavy atom. The molecule has 1 atom stereocenters. The minimum atomic E-state index is 0.0448. The fourth-order valence-electron chi connectivity index (χ4n) is 2.79. The first-order valence-electron chi connectivity index (χ1n) is 7.33. The van der Waals surface area contributed by atoms with Crippen LogP contribution >= 0.6 is 11.6 Å². The van der Waals surface area contributed by atoms with Crippen LogP contribution in [0.4, 0.5) is 5.95 Å². The highest BCUT2D eigenvalue weighted by molar-refractivity contribution is 6.30. The van der Waals surface area contributed by atoms with Crippen molar-refractivity contribution in [2.24, 2.45) is 5.92 Å². The molecule has 0 bridgehead atoms. The van der Waals surface area contributed by atoms with Crippen molar-refractivity contribution in [1.82, 2.24) is 14.9 Å². The van der Waals surface area contributed by atoms with E-state index in [4.69, 9.17) is 16.3 Å². The third kappa shape index (κ3) is 3.44. The lowest BCUT2D eigenvalue weighted by Crippen LogP contribution is -2.39. The van der Waals surface area contributed by atoms with Crippen molar-refractivity contribution in [2.45, 2.75) is 12.8 Å². The van der Waals surface area contributed by atoms with E-state index in [2.05, 4.69) is 14.9 Å². The van der Waals surface area contributed by atoms with E-state index in [1.54, 1.807) is 12.4 Å². The predicted octanol–water partition coefficient (Wildman–Crippen LogP) is 1.21. The first-order valence-corrected chi connectivity index (χ1v) is 7.71. The molecule has 6 nitrogen and oxygen atoms in total. The van der Waals surface area contributed by atoms with Gasteiger partial charge in [-0.2, -0.15) is 0 Å². The molecule has 1 aromatic rings. The van der Waals surface area contributed by atoms with Gasteiger partial charge in [-0.25, -0.2) is 9.97 Å². The SMILES string of the molecule is O=C(C1CCOC1)N1CCCN(c2ncc(Cl)cn2)CC1. The van der Waals surface area contributed by atoms with Gasteiger partial charge >= 0.3 is 0 Å². The summed E-state index contributed by atoms with van der Waals surface area (Å²) in [6.45, 7) is 4.38. The zero-order chi connectivity index (χ0) is 14.7. The molecule has 0 N–H and O–H groups in total. The van der Waals surface area contributed by atoms with Crippen molar-refractivity contribution in [1.29, 1.82) is 0 Å². The summed E-state index contributed by atoms with van der Waals surface area (Å²) in [6, 6.07) is 0. The number of aromatic nitrogens is 2. The van der Waals surface area contributed by atoms with Gasteiger partial charge in [-0.15, -0.1) is 0 Å². The Hall–Kier alpha value is -1.40. The largest absolute Gasteiger partial charge is 0.381 e. The summed E-state index contributed by atoms with van der Waals surface area (Å²) < 4.78 is 5.31. The van der Waals surface area contributed by atoms with E-state index in [0.717, 1.165) is 32.5 Å². The Balaban J connectivity index is 1.61. The molecule has 2 aliphatic rings. The average molecular weight is 311 g/mol. The molecule has 0 aliphatic carbocycles. The average Bonchev–Trinajstić information content (AvgIpc) is 2.92. The molecule has 0 aromatic carbocycles. The van der Waals surface area contributed by atoms with E-state index in [1.165, 1.54) is 0 Å². The molecule has 7 heteroatoms. The molecular formula is C14H19ClN4O2. The lowest BCUT2D eigenvalue weighted by Gasteiger charge is -2.24. The number of hydrogen-bond donors (Lipinski definition) is 0. The van der Waals surface area contributed by atoms with Gasteiger partial charge in [-0.05, 0) is 12.8 Å². The van der Waals surface area contributed by atoms with Crippen LogP contribution < -0.4 is 4.90 Å². The molecule has 1 unspecified atom stereocenters. The maximum atomic E-state index is 12.4. The Kier molecular flexibility index (Phi) is 4.55. The fourth-order valence-corrected chi connectivity index (χ4v) is 2.89. The number of ether oxygens (including phenoxy) is 1. The van der Waals surface area contributed by atoms with Gasteiger partial charge < -0.3 is 14.5 Å². The molecule has 0 saturated carbocycles. The van der Waals surface area contributed by atoms with Crippen molar-refractivity contribution in [3.8, 4) is 0 Å². The lowest BCUT2D eigenvalue weighted by atomic mass is 10.1. The molecule has 0 radical (unpaired) electrons. The quantitative estimate of drug-likeness (QED) is 0.821. The number of amides is 1. The van der Waals surface area contributed by atoms with Crippen molar-refractivity contribution in [2.75, 3.05) is 44.3 Å². The molecular weight excluding hydrogens is 292 g/mol. The molecule has 114 valence electrons. The van der Waals surface area contributed by atoms with Crippen molar-refractivity contribution < 1.29 is 9.53 Å². The summed E-state index contributed by atoms with van der Waals surface area (Å²) in [7, 11) is 0. The molecule has 3 rings (SSSR count). The van der Waals surface area contributed by atoms with E-state index in [1.807, 2.05) is 4.90 Å². The molecule has 1 amide bonds. The van der Waals surface area contributed by atoms with Crippen LogP contribution in [0, 0.1) is 5.92 Å². The normalized spacial score (nSPS) is 23.2. The van der Waals surface area contributed by atoms with E-state index in [9.17, 15) is 4.79 Å². The second kappa shape index (κ2) is 6.58. The molecule has 2 aliphatic heterocycles. The summed E-state index contributed by atoms with van der Waals surface area (Å²) >= 11 is 5.81. The maximum absolute atomic E-state index is 12.4. The number of nitrogens with zero attached hydrogens (tertiary/aromatic N) is 4. The van der Waals surface area contributed by atoms with Gasteiger partial charge in [-0.3, -0.25) is 4.79 Å². The highest BCUT2D eigenvalue weighted by Gasteiger charge is 2.29. The molecule has 1 aromatic heterocycles. The van der Waals surface area contributed by atoms with Crippen LogP contribution in [0.1, 0.15) is 12.8 Å². The number of carbonyl (C=O) groups excluding carboxylic acids is 1. The van der Waals surface area contributed by atoms with Crippen LogP contribution in [0.2, 0.25) is 5.02 Å². The summed E-state index contributed by atoms with van der Waals surface area (Å²) in [5.74, 6) is 0.951. The third-order valence-electron chi connectivity index (χ3n) is 3.98. The fraction of sp³-hybridized carbons (Fsp3) is 0.643. The van der Waals surface area contributed by atoms with Crippen LogP contribution in [0.25, 0.3) is 0 Å². The van der Waals surface area contributed by atoms with Gasteiger partial charge in [0.05, 0.1) is 29.9 Å². The number of rotatable bonds is 2. The Bertz CT molecular complexity index is 490. The van der Waals surface area contributed by atoms with E-state index >= 15 is 0 Å². The summed E-state index contributed by atoms with van der Waals surface area (Å²) in [5, 5.41) is 0.534. The molecule has 21 heavy (non-hydrogen) atoms. The van der Waals surface area contributed by atoms with Gasteiger partial charge in [0, 0.05) is 32.8 Å². The Morgan fingerprint density at radius 3 is 2.76 bits per heavy atom. The van der Waals surface area contributed by atoms with Crippen LogP contribution in [0.5, 0.6) is 0 Å². The first-order chi connectivity index (χ1) is 10.2. The monoisotopic (exact) mass is 310 g/mol. The minimum Gasteiger partial charge on any atom is -0.381 e.